The Bertz CT molecular complexity index is 445. The first-order chi connectivity index (χ1) is 7.59. The molecule has 0 saturated carbocycles. The van der Waals surface area contributed by atoms with E-state index < -0.39 is 17.9 Å². The standard InChI is InChI=1S/C11H12N2O3/c12-11(16)13-6-8(10(14)15)5-7-3-1-2-4-9(7)13/h1-4,8H,5-6H2,(H2,12,16)(H,14,15). The molecule has 1 aromatic rings. The summed E-state index contributed by atoms with van der Waals surface area (Å²) >= 11 is 0. The van der Waals surface area contributed by atoms with Crippen LogP contribution in [0.25, 0.3) is 0 Å². The molecule has 0 spiro atoms. The molecule has 1 aliphatic rings. The number of hydrogen-bond acceptors (Lipinski definition) is 2. The molecule has 1 heterocycles. The minimum atomic E-state index is -0.902. The van der Waals surface area contributed by atoms with Gasteiger partial charge in [-0.15, -0.1) is 0 Å². The molecule has 1 aromatic carbocycles. The first-order valence-corrected chi connectivity index (χ1v) is 4.97. The molecule has 0 aliphatic carbocycles. The van der Waals surface area contributed by atoms with Gasteiger partial charge in [0.15, 0.2) is 0 Å². The van der Waals surface area contributed by atoms with Crippen molar-refractivity contribution in [1.29, 1.82) is 0 Å². The molecule has 16 heavy (non-hydrogen) atoms. The predicted octanol–water partition coefficient (Wildman–Crippen LogP) is 0.829. The van der Waals surface area contributed by atoms with Crippen molar-refractivity contribution in [2.45, 2.75) is 6.42 Å². The van der Waals surface area contributed by atoms with Gasteiger partial charge < -0.3 is 10.8 Å². The zero-order valence-corrected chi connectivity index (χ0v) is 8.59. The third kappa shape index (κ3) is 1.71. The summed E-state index contributed by atoms with van der Waals surface area (Å²) in [5.74, 6) is -1.48. The summed E-state index contributed by atoms with van der Waals surface area (Å²) in [4.78, 5) is 23.5. The van der Waals surface area contributed by atoms with E-state index in [-0.39, 0.29) is 6.54 Å². The second-order valence-electron chi connectivity index (χ2n) is 3.82. The highest BCUT2D eigenvalue weighted by molar-refractivity contribution is 5.93. The van der Waals surface area contributed by atoms with Gasteiger partial charge in [-0.05, 0) is 18.1 Å². The molecule has 5 heteroatoms. The summed E-state index contributed by atoms with van der Waals surface area (Å²) in [6.07, 6.45) is 0.440. The Kier molecular flexibility index (Phi) is 2.52. The summed E-state index contributed by atoms with van der Waals surface area (Å²) < 4.78 is 0. The molecule has 1 aliphatic heterocycles. The minimum Gasteiger partial charge on any atom is -0.481 e. The number of fused-ring (bicyclic) bond motifs is 1. The second-order valence-corrected chi connectivity index (χ2v) is 3.82. The Labute approximate surface area is 92.5 Å². The predicted molar refractivity (Wildman–Crippen MR) is 58.2 cm³/mol. The molecule has 1 unspecified atom stereocenters. The molecule has 84 valence electrons. The van der Waals surface area contributed by atoms with Gasteiger partial charge in [0.2, 0.25) is 0 Å². The quantitative estimate of drug-likeness (QED) is 0.735. The van der Waals surface area contributed by atoms with Crippen LogP contribution < -0.4 is 10.6 Å². The van der Waals surface area contributed by atoms with E-state index in [1.54, 1.807) is 12.1 Å². The van der Waals surface area contributed by atoms with Gasteiger partial charge in [-0.2, -0.15) is 0 Å². The molecule has 1 atom stereocenters. The number of hydrogen-bond donors (Lipinski definition) is 2. The smallest absolute Gasteiger partial charge is 0.319 e. The number of carbonyl (C=O) groups is 2. The number of nitrogens with zero attached hydrogens (tertiary/aromatic N) is 1. The van der Waals surface area contributed by atoms with Crippen LogP contribution in [0.3, 0.4) is 0 Å². The maximum atomic E-state index is 11.2. The fourth-order valence-electron chi connectivity index (χ4n) is 1.97. The van der Waals surface area contributed by atoms with Gasteiger partial charge in [-0.25, -0.2) is 4.79 Å². The number of anilines is 1. The van der Waals surface area contributed by atoms with Crippen LogP contribution in [0.4, 0.5) is 10.5 Å². The SMILES string of the molecule is NC(=O)N1CC(C(=O)O)Cc2ccccc21. The van der Waals surface area contributed by atoms with Gasteiger partial charge in [-0.1, -0.05) is 18.2 Å². The monoisotopic (exact) mass is 220 g/mol. The number of benzene rings is 1. The average molecular weight is 220 g/mol. The summed E-state index contributed by atoms with van der Waals surface area (Å²) in [5, 5.41) is 8.98. The lowest BCUT2D eigenvalue weighted by Gasteiger charge is -2.31. The van der Waals surface area contributed by atoms with Crippen molar-refractivity contribution in [3.63, 3.8) is 0 Å². The van der Waals surface area contributed by atoms with Crippen LogP contribution in [0.5, 0.6) is 0 Å². The van der Waals surface area contributed by atoms with Crippen LogP contribution in [0.15, 0.2) is 24.3 Å². The zero-order chi connectivity index (χ0) is 11.7. The van der Waals surface area contributed by atoms with E-state index in [4.69, 9.17) is 10.8 Å². The molecule has 2 amide bonds. The third-order valence-corrected chi connectivity index (χ3v) is 2.77. The highest BCUT2D eigenvalue weighted by atomic mass is 16.4. The van der Waals surface area contributed by atoms with Crippen molar-refractivity contribution in [3.8, 4) is 0 Å². The van der Waals surface area contributed by atoms with Crippen molar-refractivity contribution >= 4 is 17.7 Å². The molecular weight excluding hydrogens is 208 g/mol. The van der Waals surface area contributed by atoms with Gasteiger partial charge in [0.1, 0.15) is 0 Å². The average Bonchev–Trinajstić information content (AvgIpc) is 2.27. The summed E-state index contributed by atoms with van der Waals surface area (Å²) in [7, 11) is 0. The van der Waals surface area contributed by atoms with E-state index in [9.17, 15) is 9.59 Å². The Morgan fingerprint density at radius 3 is 2.69 bits per heavy atom. The Morgan fingerprint density at radius 1 is 1.38 bits per heavy atom. The molecular formula is C11H12N2O3. The normalized spacial score (nSPS) is 19.0. The maximum absolute atomic E-state index is 11.2. The van der Waals surface area contributed by atoms with Crippen LogP contribution in [0.2, 0.25) is 0 Å². The fourth-order valence-corrected chi connectivity index (χ4v) is 1.97. The Balaban J connectivity index is 2.41. The first kappa shape index (κ1) is 10.5. The molecule has 0 fully saturated rings. The minimum absolute atomic E-state index is 0.141. The number of rotatable bonds is 1. The summed E-state index contributed by atoms with van der Waals surface area (Å²) in [5.41, 5.74) is 6.80. The number of amides is 2. The number of carboxylic acid groups (broad SMARTS) is 1. The molecule has 2 rings (SSSR count). The largest absolute Gasteiger partial charge is 0.481 e. The Morgan fingerprint density at radius 2 is 2.06 bits per heavy atom. The van der Waals surface area contributed by atoms with Crippen molar-refractivity contribution in [2.24, 2.45) is 11.7 Å². The topological polar surface area (TPSA) is 83.6 Å². The van der Waals surface area contributed by atoms with Crippen molar-refractivity contribution in [3.05, 3.63) is 29.8 Å². The van der Waals surface area contributed by atoms with E-state index >= 15 is 0 Å². The summed E-state index contributed by atoms with van der Waals surface area (Å²) in [6.45, 7) is 0.141. The highest BCUT2D eigenvalue weighted by Crippen LogP contribution is 2.29. The van der Waals surface area contributed by atoms with Gasteiger partial charge >= 0.3 is 12.0 Å². The first-order valence-electron chi connectivity index (χ1n) is 4.97. The van der Waals surface area contributed by atoms with Crippen LogP contribution in [0, 0.1) is 5.92 Å². The molecule has 3 N–H and O–H groups in total. The number of carboxylic acids is 1. The van der Waals surface area contributed by atoms with Crippen LogP contribution >= 0.6 is 0 Å². The van der Waals surface area contributed by atoms with E-state index in [0.717, 1.165) is 5.56 Å². The van der Waals surface area contributed by atoms with Crippen molar-refractivity contribution in [2.75, 3.05) is 11.4 Å². The Hall–Kier alpha value is -2.04. The molecule has 0 bridgehead atoms. The van der Waals surface area contributed by atoms with Gasteiger partial charge in [0.25, 0.3) is 0 Å². The lowest BCUT2D eigenvalue weighted by atomic mass is 9.93. The van der Waals surface area contributed by atoms with Crippen molar-refractivity contribution < 1.29 is 14.7 Å². The van der Waals surface area contributed by atoms with E-state index in [1.165, 1.54) is 4.90 Å². The van der Waals surface area contributed by atoms with E-state index in [2.05, 4.69) is 0 Å². The van der Waals surface area contributed by atoms with E-state index in [0.29, 0.717) is 12.1 Å². The van der Waals surface area contributed by atoms with Gasteiger partial charge in [0.05, 0.1) is 5.92 Å². The fraction of sp³-hybridized carbons (Fsp3) is 0.273. The molecule has 5 nitrogen and oxygen atoms in total. The number of carbonyl (C=O) groups excluding carboxylic acids is 1. The van der Waals surface area contributed by atoms with Gasteiger partial charge in [0, 0.05) is 12.2 Å². The molecule has 0 radical (unpaired) electrons. The highest BCUT2D eigenvalue weighted by Gasteiger charge is 2.30. The number of para-hydroxylation sites is 1. The van der Waals surface area contributed by atoms with Crippen LogP contribution in [0.1, 0.15) is 5.56 Å². The van der Waals surface area contributed by atoms with E-state index in [1.807, 2.05) is 12.1 Å². The number of primary amides is 1. The second kappa shape index (κ2) is 3.84. The number of nitrogens with two attached hydrogens (primary N) is 1. The lowest BCUT2D eigenvalue weighted by molar-refractivity contribution is -0.141. The lowest BCUT2D eigenvalue weighted by Crippen LogP contribution is -2.45. The summed E-state index contributed by atoms with van der Waals surface area (Å²) in [6, 6.07) is 6.61. The third-order valence-electron chi connectivity index (χ3n) is 2.77. The number of urea groups is 1. The zero-order valence-electron chi connectivity index (χ0n) is 8.59. The maximum Gasteiger partial charge on any atom is 0.319 e. The van der Waals surface area contributed by atoms with Crippen LogP contribution in [-0.4, -0.2) is 23.7 Å². The molecule has 0 aromatic heterocycles. The number of aliphatic carboxylic acids is 1. The van der Waals surface area contributed by atoms with Gasteiger partial charge in [-0.3, -0.25) is 9.69 Å². The van der Waals surface area contributed by atoms with Crippen LogP contribution in [-0.2, 0) is 11.2 Å². The molecule has 0 saturated heterocycles. The van der Waals surface area contributed by atoms with Crippen molar-refractivity contribution in [1.82, 2.24) is 0 Å².